The molecular formula is C12H12ClF3N2O3. The van der Waals surface area contributed by atoms with E-state index in [0.29, 0.717) is 6.07 Å². The zero-order valence-corrected chi connectivity index (χ0v) is 11.6. The first-order valence-electron chi connectivity index (χ1n) is 5.79. The van der Waals surface area contributed by atoms with Crippen LogP contribution in [-0.4, -0.2) is 35.1 Å². The van der Waals surface area contributed by atoms with Crippen molar-refractivity contribution in [2.24, 2.45) is 0 Å². The van der Waals surface area contributed by atoms with E-state index in [1.807, 2.05) is 0 Å². The van der Waals surface area contributed by atoms with Crippen LogP contribution >= 0.6 is 11.6 Å². The Morgan fingerprint density at radius 1 is 1.38 bits per heavy atom. The predicted molar refractivity (Wildman–Crippen MR) is 70.4 cm³/mol. The fourth-order valence-electron chi connectivity index (χ4n) is 1.48. The van der Waals surface area contributed by atoms with E-state index in [2.05, 4.69) is 5.32 Å². The van der Waals surface area contributed by atoms with Gasteiger partial charge in [0.05, 0.1) is 16.3 Å². The fraction of sp³-hybridized carbons (Fsp3) is 0.333. The lowest BCUT2D eigenvalue weighted by Crippen LogP contribution is -2.38. The summed E-state index contributed by atoms with van der Waals surface area (Å²) in [6.45, 7) is 1.05. The Balaban J connectivity index is 2.96. The van der Waals surface area contributed by atoms with Gasteiger partial charge in [0.25, 0.3) is 0 Å². The van der Waals surface area contributed by atoms with Crippen molar-refractivity contribution in [3.05, 3.63) is 28.8 Å². The highest BCUT2D eigenvalue weighted by Gasteiger charge is 2.31. The Bertz CT molecular complexity index is 549. The van der Waals surface area contributed by atoms with Crippen LogP contribution in [0.25, 0.3) is 0 Å². The second-order valence-electron chi connectivity index (χ2n) is 4.03. The van der Waals surface area contributed by atoms with E-state index in [9.17, 15) is 22.8 Å². The SMILES string of the molecule is CCN(CC(=O)O)C(=O)Nc1cc(C(F)(F)F)ccc1Cl. The van der Waals surface area contributed by atoms with Crippen molar-refractivity contribution in [3.63, 3.8) is 0 Å². The molecule has 5 nitrogen and oxygen atoms in total. The first-order chi connectivity index (χ1) is 9.65. The molecule has 0 radical (unpaired) electrons. The van der Waals surface area contributed by atoms with E-state index in [1.165, 1.54) is 6.92 Å². The summed E-state index contributed by atoms with van der Waals surface area (Å²) in [5, 5.41) is 10.7. The number of amides is 2. The van der Waals surface area contributed by atoms with Crippen LogP contribution < -0.4 is 5.32 Å². The number of carboxylic acids is 1. The summed E-state index contributed by atoms with van der Waals surface area (Å²) in [6, 6.07) is 1.64. The van der Waals surface area contributed by atoms with E-state index in [4.69, 9.17) is 16.7 Å². The van der Waals surface area contributed by atoms with Crippen molar-refractivity contribution < 1.29 is 27.9 Å². The van der Waals surface area contributed by atoms with E-state index < -0.39 is 30.3 Å². The van der Waals surface area contributed by atoms with Crippen LogP contribution in [0.2, 0.25) is 5.02 Å². The molecule has 0 aliphatic heterocycles. The minimum atomic E-state index is -4.57. The Kier molecular flexibility index (Phi) is 5.42. The number of halogens is 4. The molecule has 116 valence electrons. The number of likely N-dealkylation sites (N-methyl/N-ethyl adjacent to an activating group) is 1. The highest BCUT2D eigenvalue weighted by Crippen LogP contribution is 2.33. The van der Waals surface area contributed by atoms with Gasteiger partial charge in [-0.05, 0) is 25.1 Å². The Morgan fingerprint density at radius 2 is 2.00 bits per heavy atom. The molecule has 0 aliphatic carbocycles. The van der Waals surface area contributed by atoms with Crippen molar-refractivity contribution >= 4 is 29.3 Å². The van der Waals surface area contributed by atoms with Gasteiger partial charge < -0.3 is 15.3 Å². The van der Waals surface area contributed by atoms with Gasteiger partial charge in [0.2, 0.25) is 0 Å². The maximum absolute atomic E-state index is 12.6. The fourth-order valence-corrected chi connectivity index (χ4v) is 1.65. The van der Waals surface area contributed by atoms with E-state index in [1.54, 1.807) is 0 Å². The number of carbonyl (C=O) groups is 2. The number of hydrogen-bond donors (Lipinski definition) is 2. The molecule has 0 saturated heterocycles. The van der Waals surface area contributed by atoms with E-state index in [-0.39, 0.29) is 17.3 Å². The van der Waals surface area contributed by atoms with Gasteiger partial charge in [0, 0.05) is 6.54 Å². The van der Waals surface area contributed by atoms with Crippen LogP contribution in [-0.2, 0) is 11.0 Å². The largest absolute Gasteiger partial charge is 0.480 e. The zero-order valence-electron chi connectivity index (χ0n) is 10.9. The van der Waals surface area contributed by atoms with Gasteiger partial charge in [-0.25, -0.2) is 4.79 Å². The minimum Gasteiger partial charge on any atom is -0.480 e. The van der Waals surface area contributed by atoms with Crippen molar-refractivity contribution in [2.45, 2.75) is 13.1 Å². The lowest BCUT2D eigenvalue weighted by Gasteiger charge is -2.20. The molecular weight excluding hydrogens is 313 g/mol. The highest BCUT2D eigenvalue weighted by atomic mass is 35.5. The summed E-state index contributed by atoms with van der Waals surface area (Å²) in [5.74, 6) is -1.23. The van der Waals surface area contributed by atoms with Gasteiger partial charge >= 0.3 is 18.2 Å². The molecule has 0 aromatic heterocycles. The lowest BCUT2D eigenvalue weighted by molar-refractivity contribution is -0.138. The van der Waals surface area contributed by atoms with Gasteiger partial charge in [-0.1, -0.05) is 11.6 Å². The molecule has 0 saturated carbocycles. The maximum Gasteiger partial charge on any atom is 0.416 e. The number of carbonyl (C=O) groups excluding carboxylic acids is 1. The van der Waals surface area contributed by atoms with Crippen LogP contribution in [0.1, 0.15) is 12.5 Å². The second-order valence-corrected chi connectivity index (χ2v) is 4.44. The molecule has 1 aromatic carbocycles. The topological polar surface area (TPSA) is 69.6 Å². The molecule has 1 aromatic rings. The number of rotatable bonds is 4. The molecule has 0 fully saturated rings. The summed E-state index contributed by atoms with van der Waals surface area (Å²) in [5.41, 5.74) is -1.20. The number of nitrogens with one attached hydrogen (secondary N) is 1. The molecule has 2 amide bonds. The van der Waals surface area contributed by atoms with Crippen LogP contribution in [0.5, 0.6) is 0 Å². The lowest BCUT2D eigenvalue weighted by atomic mass is 10.2. The van der Waals surface area contributed by atoms with E-state index >= 15 is 0 Å². The monoisotopic (exact) mass is 324 g/mol. The normalized spacial score (nSPS) is 11.1. The smallest absolute Gasteiger partial charge is 0.416 e. The molecule has 1 rings (SSSR count). The molecule has 0 aliphatic rings. The molecule has 0 atom stereocenters. The average Bonchev–Trinajstić information content (AvgIpc) is 2.36. The van der Waals surface area contributed by atoms with Crippen molar-refractivity contribution in [1.82, 2.24) is 4.90 Å². The van der Waals surface area contributed by atoms with E-state index in [0.717, 1.165) is 17.0 Å². The number of alkyl halides is 3. The van der Waals surface area contributed by atoms with Gasteiger partial charge in [0.15, 0.2) is 0 Å². The number of nitrogens with zero attached hydrogens (tertiary/aromatic N) is 1. The van der Waals surface area contributed by atoms with Crippen LogP contribution in [0.4, 0.5) is 23.7 Å². The number of aliphatic carboxylic acids is 1. The number of anilines is 1. The summed E-state index contributed by atoms with van der Waals surface area (Å²) >= 11 is 5.73. The standard InChI is InChI=1S/C12H12ClF3N2O3/c1-2-18(6-10(19)20)11(21)17-9-5-7(12(14,15)16)3-4-8(9)13/h3-5H,2,6H2,1H3,(H,17,21)(H,19,20). The molecule has 0 unspecified atom stereocenters. The third-order valence-electron chi connectivity index (χ3n) is 2.53. The quantitative estimate of drug-likeness (QED) is 0.892. The number of urea groups is 1. The molecule has 0 heterocycles. The van der Waals surface area contributed by atoms with Gasteiger partial charge in [-0.3, -0.25) is 4.79 Å². The second kappa shape index (κ2) is 6.66. The van der Waals surface area contributed by atoms with Crippen LogP contribution in [0.3, 0.4) is 0 Å². The van der Waals surface area contributed by atoms with Gasteiger partial charge in [-0.2, -0.15) is 13.2 Å². The minimum absolute atomic E-state index is 0.0781. The maximum atomic E-state index is 12.6. The third kappa shape index (κ3) is 4.82. The summed E-state index contributed by atoms with van der Waals surface area (Å²) in [4.78, 5) is 23.3. The zero-order chi connectivity index (χ0) is 16.2. The van der Waals surface area contributed by atoms with Crippen molar-refractivity contribution in [3.8, 4) is 0 Å². The molecule has 21 heavy (non-hydrogen) atoms. The number of carboxylic acid groups (broad SMARTS) is 1. The molecule has 2 N–H and O–H groups in total. The van der Waals surface area contributed by atoms with Crippen LogP contribution in [0, 0.1) is 0 Å². The van der Waals surface area contributed by atoms with Crippen LogP contribution in [0.15, 0.2) is 18.2 Å². The first kappa shape index (κ1) is 17.1. The summed E-state index contributed by atoms with van der Waals surface area (Å²) in [6.07, 6.45) is -4.57. The average molecular weight is 325 g/mol. The first-order valence-corrected chi connectivity index (χ1v) is 6.17. The van der Waals surface area contributed by atoms with Gasteiger partial charge in [-0.15, -0.1) is 0 Å². The predicted octanol–water partition coefficient (Wildman–Crippen LogP) is 3.30. The van der Waals surface area contributed by atoms with Gasteiger partial charge in [0.1, 0.15) is 6.54 Å². The van der Waals surface area contributed by atoms with Crippen molar-refractivity contribution in [1.29, 1.82) is 0 Å². The highest BCUT2D eigenvalue weighted by molar-refractivity contribution is 6.33. The Morgan fingerprint density at radius 3 is 2.48 bits per heavy atom. The summed E-state index contributed by atoms with van der Waals surface area (Å²) < 4.78 is 37.8. The third-order valence-corrected chi connectivity index (χ3v) is 2.86. The molecule has 9 heteroatoms. The van der Waals surface area contributed by atoms with Crippen molar-refractivity contribution in [2.75, 3.05) is 18.4 Å². The number of benzene rings is 1. The number of hydrogen-bond acceptors (Lipinski definition) is 2. The molecule has 0 bridgehead atoms. The Labute approximate surface area is 123 Å². The Hall–Kier alpha value is -1.96. The molecule has 0 spiro atoms. The summed E-state index contributed by atoms with van der Waals surface area (Å²) in [7, 11) is 0.